The fourth-order valence-electron chi connectivity index (χ4n) is 1.98. The highest BCUT2D eigenvalue weighted by molar-refractivity contribution is 7.89. The highest BCUT2D eigenvalue weighted by Gasteiger charge is 2.22. The summed E-state index contributed by atoms with van der Waals surface area (Å²) in [4.78, 5) is 15.9. The Morgan fingerprint density at radius 3 is 2.71 bits per heavy atom. The quantitative estimate of drug-likeness (QED) is 0.826. The number of pyridine rings is 1. The maximum absolute atomic E-state index is 13.3. The molecule has 1 amide bonds. The van der Waals surface area contributed by atoms with Crippen LogP contribution in [0.5, 0.6) is 0 Å². The first-order chi connectivity index (χ1) is 11.3. The molecular formula is C16H18FN3O3S. The monoisotopic (exact) mass is 351 g/mol. The van der Waals surface area contributed by atoms with Gasteiger partial charge in [-0.3, -0.25) is 9.78 Å². The van der Waals surface area contributed by atoms with Gasteiger partial charge in [-0.2, -0.15) is 4.72 Å². The molecule has 0 aliphatic rings. The average molecular weight is 351 g/mol. The predicted molar refractivity (Wildman–Crippen MR) is 87.0 cm³/mol. The third-order valence-corrected chi connectivity index (χ3v) is 4.89. The van der Waals surface area contributed by atoms with Gasteiger partial charge >= 0.3 is 0 Å². The minimum Gasteiger partial charge on any atom is -0.351 e. The molecule has 0 bridgehead atoms. The Morgan fingerprint density at radius 1 is 1.33 bits per heavy atom. The number of carbonyl (C=O) groups is 1. The van der Waals surface area contributed by atoms with E-state index in [1.54, 1.807) is 24.5 Å². The number of hydrogen-bond donors (Lipinski definition) is 2. The van der Waals surface area contributed by atoms with Crippen molar-refractivity contribution in [1.82, 2.24) is 15.0 Å². The van der Waals surface area contributed by atoms with Crippen molar-refractivity contribution in [3.8, 4) is 0 Å². The molecule has 0 radical (unpaired) electrons. The van der Waals surface area contributed by atoms with E-state index in [-0.39, 0.29) is 17.0 Å². The molecule has 1 aromatic carbocycles. The van der Waals surface area contributed by atoms with Gasteiger partial charge in [-0.1, -0.05) is 6.07 Å². The van der Waals surface area contributed by atoms with Crippen molar-refractivity contribution in [1.29, 1.82) is 0 Å². The molecular weight excluding hydrogens is 333 g/mol. The molecule has 2 rings (SSSR count). The molecule has 1 aromatic heterocycles. The molecule has 8 heteroatoms. The van der Waals surface area contributed by atoms with Gasteiger partial charge in [-0.25, -0.2) is 12.8 Å². The first-order valence-electron chi connectivity index (χ1n) is 7.24. The van der Waals surface area contributed by atoms with Crippen LogP contribution in [0.3, 0.4) is 0 Å². The molecule has 1 heterocycles. The lowest BCUT2D eigenvalue weighted by atomic mass is 10.2. The fourth-order valence-corrected chi connectivity index (χ4v) is 3.27. The van der Waals surface area contributed by atoms with Crippen LogP contribution in [0.25, 0.3) is 0 Å². The Labute approximate surface area is 140 Å². The lowest BCUT2D eigenvalue weighted by molar-refractivity contribution is -0.122. The number of amides is 1. The SMILES string of the molecule is Cc1cc(S(=O)(=O)N[C@@H](C)C(=O)NCc2cccnc2)ccc1F. The number of hydrogen-bond acceptors (Lipinski definition) is 4. The lowest BCUT2D eigenvalue weighted by Crippen LogP contribution is -2.44. The molecule has 0 aliphatic carbocycles. The first-order valence-corrected chi connectivity index (χ1v) is 8.73. The van der Waals surface area contributed by atoms with E-state index in [2.05, 4.69) is 15.0 Å². The van der Waals surface area contributed by atoms with Crippen LogP contribution in [0.15, 0.2) is 47.6 Å². The van der Waals surface area contributed by atoms with E-state index < -0.39 is 27.8 Å². The Hall–Kier alpha value is -2.32. The van der Waals surface area contributed by atoms with Gasteiger partial charge in [0.1, 0.15) is 5.82 Å². The molecule has 24 heavy (non-hydrogen) atoms. The first kappa shape index (κ1) is 18.0. The Balaban J connectivity index is 2.00. The van der Waals surface area contributed by atoms with Crippen LogP contribution < -0.4 is 10.0 Å². The number of halogens is 1. The maximum atomic E-state index is 13.3. The normalized spacial score (nSPS) is 12.6. The minimum absolute atomic E-state index is 0.0895. The number of sulfonamides is 1. The second-order valence-corrected chi connectivity index (χ2v) is 7.05. The van der Waals surface area contributed by atoms with E-state index in [0.717, 1.165) is 17.7 Å². The van der Waals surface area contributed by atoms with Gasteiger partial charge in [0.2, 0.25) is 15.9 Å². The molecule has 0 aliphatic heterocycles. The molecule has 0 saturated carbocycles. The van der Waals surface area contributed by atoms with Crippen molar-refractivity contribution >= 4 is 15.9 Å². The smallest absolute Gasteiger partial charge is 0.241 e. The topological polar surface area (TPSA) is 88.2 Å². The maximum Gasteiger partial charge on any atom is 0.241 e. The third-order valence-electron chi connectivity index (χ3n) is 3.35. The molecule has 2 N–H and O–H groups in total. The molecule has 0 unspecified atom stereocenters. The molecule has 0 fully saturated rings. The molecule has 6 nitrogen and oxygen atoms in total. The van der Waals surface area contributed by atoms with Crippen molar-refractivity contribution in [2.45, 2.75) is 31.3 Å². The average Bonchev–Trinajstić information content (AvgIpc) is 2.55. The van der Waals surface area contributed by atoms with E-state index >= 15 is 0 Å². The van der Waals surface area contributed by atoms with E-state index in [1.807, 2.05) is 0 Å². The number of rotatable bonds is 6. The van der Waals surface area contributed by atoms with E-state index in [9.17, 15) is 17.6 Å². The van der Waals surface area contributed by atoms with Gasteiger partial charge in [-0.15, -0.1) is 0 Å². The van der Waals surface area contributed by atoms with E-state index in [4.69, 9.17) is 0 Å². The van der Waals surface area contributed by atoms with E-state index in [1.165, 1.54) is 19.9 Å². The number of aryl methyl sites for hydroxylation is 1. The summed E-state index contributed by atoms with van der Waals surface area (Å²) < 4.78 is 40.1. The summed E-state index contributed by atoms with van der Waals surface area (Å²) in [6.45, 7) is 3.15. The number of nitrogens with one attached hydrogen (secondary N) is 2. The highest BCUT2D eigenvalue weighted by atomic mass is 32.2. The number of aromatic nitrogens is 1. The molecule has 2 aromatic rings. The second-order valence-electron chi connectivity index (χ2n) is 5.33. The van der Waals surface area contributed by atoms with Gasteiger partial charge in [-0.05, 0) is 49.2 Å². The summed E-state index contributed by atoms with van der Waals surface area (Å²) in [5, 5.41) is 2.63. The Bertz CT molecular complexity index is 826. The van der Waals surface area contributed by atoms with Crippen LogP contribution in [0.4, 0.5) is 4.39 Å². The summed E-state index contributed by atoms with van der Waals surface area (Å²) in [5.41, 5.74) is 1.02. The zero-order chi connectivity index (χ0) is 17.7. The van der Waals surface area contributed by atoms with Gasteiger partial charge in [0.05, 0.1) is 10.9 Å². The van der Waals surface area contributed by atoms with Crippen LogP contribution in [0, 0.1) is 12.7 Å². The predicted octanol–water partition coefficient (Wildman–Crippen LogP) is 1.51. The largest absolute Gasteiger partial charge is 0.351 e. The molecule has 0 spiro atoms. The summed E-state index contributed by atoms with van der Waals surface area (Å²) >= 11 is 0. The van der Waals surface area contributed by atoms with Gasteiger partial charge in [0.15, 0.2) is 0 Å². The number of benzene rings is 1. The number of nitrogens with zero attached hydrogens (tertiary/aromatic N) is 1. The summed E-state index contributed by atoms with van der Waals surface area (Å²) in [7, 11) is -3.92. The van der Waals surface area contributed by atoms with Gasteiger partial charge in [0.25, 0.3) is 0 Å². The number of carbonyl (C=O) groups excluding carboxylic acids is 1. The van der Waals surface area contributed by atoms with Crippen molar-refractivity contribution in [3.05, 3.63) is 59.7 Å². The van der Waals surface area contributed by atoms with Crippen LogP contribution in [0.2, 0.25) is 0 Å². The summed E-state index contributed by atoms with van der Waals surface area (Å²) in [6, 6.07) is 6.02. The summed E-state index contributed by atoms with van der Waals surface area (Å²) in [6.07, 6.45) is 3.23. The minimum atomic E-state index is -3.92. The van der Waals surface area contributed by atoms with Gasteiger partial charge < -0.3 is 5.32 Å². The third kappa shape index (κ3) is 4.59. The zero-order valence-corrected chi connectivity index (χ0v) is 14.1. The van der Waals surface area contributed by atoms with Crippen molar-refractivity contribution in [2.75, 3.05) is 0 Å². The van der Waals surface area contributed by atoms with Crippen molar-refractivity contribution in [3.63, 3.8) is 0 Å². The second kappa shape index (κ2) is 7.50. The summed E-state index contributed by atoms with van der Waals surface area (Å²) in [5.74, 6) is -0.961. The standard InChI is InChI=1S/C16H18FN3O3S/c1-11-8-14(5-6-15(11)17)24(22,23)20-12(2)16(21)19-10-13-4-3-7-18-9-13/h3-9,12,20H,10H2,1-2H3,(H,19,21)/t12-/m0/s1. The van der Waals surface area contributed by atoms with Gasteiger partial charge in [0, 0.05) is 18.9 Å². The molecule has 0 saturated heterocycles. The zero-order valence-electron chi connectivity index (χ0n) is 13.3. The fraction of sp³-hybridized carbons (Fsp3) is 0.250. The Kier molecular flexibility index (Phi) is 5.63. The van der Waals surface area contributed by atoms with Crippen LogP contribution >= 0.6 is 0 Å². The van der Waals surface area contributed by atoms with Crippen LogP contribution in [0.1, 0.15) is 18.1 Å². The lowest BCUT2D eigenvalue weighted by Gasteiger charge is -2.15. The Morgan fingerprint density at radius 2 is 2.08 bits per heavy atom. The van der Waals surface area contributed by atoms with Crippen LogP contribution in [-0.4, -0.2) is 25.4 Å². The van der Waals surface area contributed by atoms with Crippen molar-refractivity contribution in [2.24, 2.45) is 0 Å². The van der Waals surface area contributed by atoms with E-state index in [0.29, 0.717) is 0 Å². The highest BCUT2D eigenvalue weighted by Crippen LogP contribution is 2.14. The molecule has 128 valence electrons. The molecule has 1 atom stereocenters. The van der Waals surface area contributed by atoms with Crippen LogP contribution in [-0.2, 0) is 21.4 Å². The van der Waals surface area contributed by atoms with Crippen molar-refractivity contribution < 1.29 is 17.6 Å².